The number of nitrogens with two attached hydrogens (primary N) is 1. The molecule has 1 aliphatic carbocycles. The lowest BCUT2D eigenvalue weighted by Crippen LogP contribution is -2.41. The molecule has 5 rings (SSSR count). The van der Waals surface area contributed by atoms with Crippen LogP contribution in [-0.2, 0) is 18.9 Å². The van der Waals surface area contributed by atoms with Gasteiger partial charge >= 0.3 is 0 Å². The lowest BCUT2D eigenvalue weighted by Gasteiger charge is -2.34. The molecule has 2 fully saturated rings. The molecule has 5 nitrogen and oxygen atoms in total. The number of aliphatic imine (C=N–C) groups is 1. The van der Waals surface area contributed by atoms with Gasteiger partial charge in [0.2, 0.25) is 0 Å². The first-order valence-electron chi connectivity index (χ1n) is 13.8. The number of fused-ring (bicyclic) bond motifs is 1. The van der Waals surface area contributed by atoms with Crippen LogP contribution in [0.25, 0.3) is 16.7 Å². The highest BCUT2D eigenvalue weighted by atomic mass is 19.3. The number of benzene rings is 1. The van der Waals surface area contributed by atoms with Gasteiger partial charge < -0.3 is 15.2 Å². The molecule has 3 aromatic rings. The Balaban J connectivity index is 1.57. The van der Waals surface area contributed by atoms with Crippen molar-refractivity contribution in [1.82, 2.24) is 14.5 Å². The standard InChI is InChI=1S/C31H39F2N5/c1-6-23-14-25(21(4)37-13-7-8-26(34)18-37)15-27(19(23)2)35-20(3)28-16-24-11-12-29(31(5,32)33)36-30(24)38(28)17-22-9-10-22/h11-12,14-16,22,26H,4,6-10,13,17-18,34H2,1-3,5H3. The van der Waals surface area contributed by atoms with Crippen LogP contribution in [0.2, 0.25) is 0 Å². The van der Waals surface area contributed by atoms with E-state index >= 15 is 0 Å². The van der Waals surface area contributed by atoms with Gasteiger partial charge in [0.05, 0.1) is 17.1 Å². The Morgan fingerprint density at radius 1 is 1.21 bits per heavy atom. The van der Waals surface area contributed by atoms with Gasteiger partial charge in [0, 0.05) is 43.7 Å². The van der Waals surface area contributed by atoms with Gasteiger partial charge in [-0.25, -0.2) is 4.98 Å². The Bertz CT molecular complexity index is 1390. The van der Waals surface area contributed by atoms with Crippen molar-refractivity contribution in [3.05, 3.63) is 65.0 Å². The van der Waals surface area contributed by atoms with Crippen LogP contribution >= 0.6 is 0 Å². The molecule has 0 bridgehead atoms. The lowest BCUT2D eigenvalue weighted by molar-refractivity contribution is 0.0130. The zero-order valence-electron chi connectivity index (χ0n) is 23.0. The molecule has 0 spiro atoms. The van der Waals surface area contributed by atoms with Crippen LogP contribution in [0.3, 0.4) is 0 Å². The Morgan fingerprint density at radius 2 is 1.97 bits per heavy atom. The van der Waals surface area contributed by atoms with Crippen LogP contribution in [0.5, 0.6) is 0 Å². The van der Waals surface area contributed by atoms with Gasteiger partial charge in [-0.1, -0.05) is 13.5 Å². The molecule has 2 aliphatic rings. The molecule has 7 heteroatoms. The van der Waals surface area contributed by atoms with Crippen LogP contribution in [-0.4, -0.2) is 39.3 Å². The summed E-state index contributed by atoms with van der Waals surface area (Å²) in [7, 11) is 0. The molecule has 3 heterocycles. The minimum Gasteiger partial charge on any atom is -0.370 e. The van der Waals surface area contributed by atoms with Crippen molar-refractivity contribution in [2.24, 2.45) is 16.6 Å². The first kappa shape index (κ1) is 26.5. The number of likely N-dealkylation sites (tertiary alicyclic amines) is 1. The van der Waals surface area contributed by atoms with E-state index in [4.69, 9.17) is 10.7 Å². The first-order valence-corrected chi connectivity index (χ1v) is 13.8. The Kier molecular flexibility index (Phi) is 7.16. The molecule has 2 N–H and O–H groups in total. The van der Waals surface area contributed by atoms with E-state index in [1.54, 1.807) is 6.07 Å². The minimum atomic E-state index is -2.99. The molecule has 0 radical (unpaired) electrons. The quantitative estimate of drug-likeness (QED) is 0.327. The van der Waals surface area contributed by atoms with E-state index in [0.29, 0.717) is 11.6 Å². The van der Waals surface area contributed by atoms with E-state index in [2.05, 4.69) is 47.0 Å². The number of pyridine rings is 1. The zero-order valence-corrected chi connectivity index (χ0v) is 23.0. The molecule has 38 heavy (non-hydrogen) atoms. The topological polar surface area (TPSA) is 59.4 Å². The second-order valence-electron chi connectivity index (χ2n) is 11.2. The predicted octanol–water partition coefficient (Wildman–Crippen LogP) is 6.96. The van der Waals surface area contributed by atoms with Gasteiger partial charge in [0.25, 0.3) is 5.92 Å². The van der Waals surface area contributed by atoms with Gasteiger partial charge in [0.1, 0.15) is 11.3 Å². The van der Waals surface area contributed by atoms with Crippen molar-refractivity contribution in [3.63, 3.8) is 0 Å². The molecule has 202 valence electrons. The van der Waals surface area contributed by atoms with Gasteiger partial charge in [-0.05, 0) is 98.9 Å². The average Bonchev–Trinajstić information content (AvgIpc) is 3.63. The molecule has 1 unspecified atom stereocenters. The van der Waals surface area contributed by atoms with E-state index in [1.165, 1.54) is 11.6 Å². The van der Waals surface area contributed by atoms with Gasteiger partial charge in [-0.2, -0.15) is 8.78 Å². The summed E-state index contributed by atoms with van der Waals surface area (Å²) in [5.41, 5.74) is 13.8. The number of hydrogen-bond acceptors (Lipinski definition) is 4. The summed E-state index contributed by atoms with van der Waals surface area (Å²) in [6.07, 6.45) is 5.33. The maximum Gasteiger partial charge on any atom is 0.287 e. The van der Waals surface area contributed by atoms with Crippen molar-refractivity contribution >= 4 is 28.1 Å². The van der Waals surface area contributed by atoms with Gasteiger partial charge in [-0.15, -0.1) is 0 Å². The number of halogens is 2. The third kappa shape index (κ3) is 5.39. The summed E-state index contributed by atoms with van der Waals surface area (Å²) in [5, 5.41) is 0.859. The number of aryl methyl sites for hydroxylation is 1. The highest BCUT2D eigenvalue weighted by Gasteiger charge is 2.29. The van der Waals surface area contributed by atoms with Crippen molar-refractivity contribution < 1.29 is 8.78 Å². The summed E-state index contributed by atoms with van der Waals surface area (Å²) < 4.78 is 30.3. The summed E-state index contributed by atoms with van der Waals surface area (Å²) in [6.45, 7) is 14.2. The first-order chi connectivity index (χ1) is 18.0. The highest BCUT2D eigenvalue weighted by molar-refractivity contribution is 6.03. The summed E-state index contributed by atoms with van der Waals surface area (Å²) >= 11 is 0. The maximum absolute atomic E-state index is 14.1. The van der Waals surface area contributed by atoms with Crippen molar-refractivity contribution in [1.29, 1.82) is 0 Å². The number of nitrogens with zero attached hydrogens (tertiary/aromatic N) is 4. The van der Waals surface area contributed by atoms with E-state index in [1.807, 2.05) is 13.0 Å². The van der Waals surface area contributed by atoms with Crippen molar-refractivity contribution in [3.8, 4) is 0 Å². The lowest BCUT2D eigenvalue weighted by atomic mass is 9.97. The number of piperidine rings is 1. The average molecular weight is 520 g/mol. The van der Waals surface area contributed by atoms with Crippen LogP contribution in [0.4, 0.5) is 14.5 Å². The van der Waals surface area contributed by atoms with Crippen LogP contribution in [0.1, 0.15) is 74.5 Å². The largest absolute Gasteiger partial charge is 0.370 e. The molecule has 1 aromatic carbocycles. The number of aromatic nitrogens is 2. The predicted molar refractivity (Wildman–Crippen MR) is 152 cm³/mol. The smallest absolute Gasteiger partial charge is 0.287 e. The Morgan fingerprint density at radius 3 is 2.63 bits per heavy atom. The molecule has 1 atom stereocenters. The molecular weight excluding hydrogens is 480 g/mol. The van der Waals surface area contributed by atoms with Gasteiger partial charge in [0.15, 0.2) is 0 Å². The van der Waals surface area contributed by atoms with Gasteiger partial charge in [-0.3, -0.25) is 4.99 Å². The number of hydrogen-bond donors (Lipinski definition) is 1. The second-order valence-corrected chi connectivity index (χ2v) is 11.2. The Labute approximate surface area is 224 Å². The monoisotopic (exact) mass is 519 g/mol. The molecule has 1 saturated heterocycles. The minimum absolute atomic E-state index is 0.173. The fourth-order valence-corrected chi connectivity index (χ4v) is 5.50. The van der Waals surface area contributed by atoms with Crippen molar-refractivity contribution in [2.45, 2.75) is 78.3 Å². The third-order valence-electron chi connectivity index (χ3n) is 8.03. The summed E-state index contributed by atoms with van der Waals surface area (Å²) in [4.78, 5) is 11.8. The summed E-state index contributed by atoms with van der Waals surface area (Å²) in [5.74, 6) is -2.43. The van der Waals surface area contributed by atoms with E-state index in [9.17, 15) is 8.78 Å². The molecule has 1 aliphatic heterocycles. The highest BCUT2D eigenvalue weighted by Crippen LogP contribution is 2.35. The van der Waals surface area contributed by atoms with Crippen LogP contribution in [0.15, 0.2) is 41.9 Å². The van der Waals surface area contributed by atoms with E-state index in [-0.39, 0.29) is 11.7 Å². The van der Waals surface area contributed by atoms with Crippen LogP contribution in [0, 0.1) is 12.8 Å². The fourth-order valence-electron chi connectivity index (χ4n) is 5.50. The Hall–Kier alpha value is -3.06. The molecule has 2 aromatic heterocycles. The molecule has 1 saturated carbocycles. The zero-order chi connectivity index (χ0) is 27.2. The third-order valence-corrected chi connectivity index (χ3v) is 8.03. The van der Waals surface area contributed by atoms with Crippen LogP contribution < -0.4 is 5.73 Å². The fraction of sp³-hybridized carbons (Fsp3) is 0.484. The maximum atomic E-state index is 14.1. The SMILES string of the molecule is C=C(c1cc(CC)c(C)c(N=C(C)c2cc3ccc(C(C)(F)F)nc3n2CC2CC2)c1)N1CCCC(N)C1. The normalized spacial score (nSPS) is 18.9. The summed E-state index contributed by atoms with van der Waals surface area (Å²) in [6, 6.07) is 9.75. The number of alkyl halides is 2. The molecular formula is C31H39F2N5. The van der Waals surface area contributed by atoms with E-state index in [0.717, 1.165) is 98.0 Å². The number of rotatable bonds is 8. The second kappa shape index (κ2) is 10.3. The van der Waals surface area contributed by atoms with Crippen molar-refractivity contribution in [2.75, 3.05) is 13.1 Å². The van der Waals surface area contributed by atoms with E-state index < -0.39 is 5.92 Å². The molecule has 0 amide bonds.